The van der Waals surface area contributed by atoms with Crippen LogP contribution in [0.25, 0.3) is 0 Å². The summed E-state index contributed by atoms with van der Waals surface area (Å²) in [6.07, 6.45) is -0.793. The van der Waals surface area contributed by atoms with E-state index in [-0.39, 0.29) is 35.3 Å². The lowest BCUT2D eigenvalue weighted by Gasteiger charge is -2.45. The summed E-state index contributed by atoms with van der Waals surface area (Å²) in [6, 6.07) is 9.62. The van der Waals surface area contributed by atoms with Gasteiger partial charge in [-0.15, -0.1) is 11.3 Å². The first-order valence-electron chi connectivity index (χ1n) is 13.1. The summed E-state index contributed by atoms with van der Waals surface area (Å²) in [5.41, 5.74) is 0.756. The Labute approximate surface area is 244 Å². The topological polar surface area (TPSA) is 128 Å². The molecule has 1 saturated heterocycles. The standard InChI is InChI=1S/C29H30F2N4O6S/c1-16-15-35(29(40)41-3)17(2)14-34(16)24-9-7-19(28(39)33-23(13-26(36)37)25-5-4-10-42-25)12-22(24)32-27(38)18-6-8-20(30)21(31)11-18/h4-12,16-17,23H,13-15H2,1-3H3,(H,32,38)(H,33,39)(H,36,37). The lowest BCUT2D eigenvalue weighted by Crippen LogP contribution is -2.58. The number of rotatable bonds is 8. The first-order valence-corrected chi connectivity index (χ1v) is 13.9. The lowest BCUT2D eigenvalue weighted by atomic mass is 10.0. The van der Waals surface area contributed by atoms with Gasteiger partial charge in [0.15, 0.2) is 11.6 Å². The van der Waals surface area contributed by atoms with E-state index in [2.05, 4.69) is 10.6 Å². The number of amides is 3. The van der Waals surface area contributed by atoms with E-state index in [9.17, 15) is 33.1 Å². The maximum atomic E-state index is 13.9. The van der Waals surface area contributed by atoms with E-state index in [0.717, 1.165) is 18.2 Å². The van der Waals surface area contributed by atoms with Gasteiger partial charge < -0.3 is 30.3 Å². The lowest BCUT2D eigenvalue weighted by molar-refractivity contribution is -0.137. The van der Waals surface area contributed by atoms with Crippen LogP contribution in [0.5, 0.6) is 0 Å². The Morgan fingerprint density at radius 1 is 1.00 bits per heavy atom. The molecule has 0 bridgehead atoms. The summed E-state index contributed by atoms with van der Waals surface area (Å²) >= 11 is 1.31. The molecule has 4 rings (SSSR count). The Morgan fingerprint density at radius 3 is 2.36 bits per heavy atom. The zero-order valence-corrected chi connectivity index (χ0v) is 23.9. The largest absolute Gasteiger partial charge is 0.481 e. The molecule has 2 heterocycles. The fraction of sp³-hybridized carbons (Fsp3) is 0.310. The van der Waals surface area contributed by atoms with Crippen molar-refractivity contribution in [1.82, 2.24) is 10.2 Å². The monoisotopic (exact) mass is 600 g/mol. The molecule has 1 aliphatic heterocycles. The third-order valence-corrected chi connectivity index (χ3v) is 7.95. The number of hydrogen-bond donors (Lipinski definition) is 3. The van der Waals surface area contributed by atoms with Crippen molar-refractivity contribution in [3.8, 4) is 0 Å². The van der Waals surface area contributed by atoms with Crippen LogP contribution in [0.4, 0.5) is 25.0 Å². The molecule has 0 aliphatic carbocycles. The SMILES string of the molecule is COC(=O)N1CC(C)N(c2ccc(C(=O)NC(CC(=O)O)c3cccs3)cc2NC(=O)c2ccc(F)c(F)c2)CC1C. The molecule has 42 heavy (non-hydrogen) atoms. The average molecular weight is 601 g/mol. The number of anilines is 2. The van der Waals surface area contributed by atoms with E-state index in [1.54, 1.807) is 34.5 Å². The molecular weight excluding hydrogens is 570 g/mol. The van der Waals surface area contributed by atoms with Gasteiger partial charge in [-0.05, 0) is 61.7 Å². The first kappa shape index (κ1) is 30.4. The maximum absolute atomic E-state index is 13.9. The summed E-state index contributed by atoms with van der Waals surface area (Å²) < 4.78 is 32.2. The van der Waals surface area contributed by atoms with Crippen LogP contribution in [0.15, 0.2) is 53.9 Å². The van der Waals surface area contributed by atoms with Crippen LogP contribution in [0.2, 0.25) is 0 Å². The van der Waals surface area contributed by atoms with Crippen molar-refractivity contribution in [3.05, 3.63) is 81.5 Å². The van der Waals surface area contributed by atoms with Gasteiger partial charge in [0, 0.05) is 41.2 Å². The highest BCUT2D eigenvalue weighted by Crippen LogP contribution is 2.33. The van der Waals surface area contributed by atoms with Crippen LogP contribution in [0.1, 0.15) is 51.9 Å². The van der Waals surface area contributed by atoms with E-state index in [1.807, 2.05) is 18.7 Å². The third-order valence-electron chi connectivity index (χ3n) is 6.96. The van der Waals surface area contributed by atoms with Crippen molar-refractivity contribution >= 4 is 46.6 Å². The zero-order chi connectivity index (χ0) is 30.6. The van der Waals surface area contributed by atoms with Crippen LogP contribution in [0, 0.1) is 11.6 Å². The van der Waals surface area contributed by atoms with E-state index in [4.69, 9.17) is 4.74 Å². The minimum Gasteiger partial charge on any atom is -0.481 e. The van der Waals surface area contributed by atoms with E-state index < -0.39 is 41.6 Å². The molecule has 1 aliphatic rings. The summed E-state index contributed by atoms with van der Waals surface area (Å²) in [5, 5.41) is 16.6. The van der Waals surface area contributed by atoms with E-state index in [0.29, 0.717) is 23.7 Å². The highest BCUT2D eigenvalue weighted by molar-refractivity contribution is 7.10. The maximum Gasteiger partial charge on any atom is 0.409 e. The number of benzene rings is 2. The number of carbonyl (C=O) groups is 4. The Hall–Kier alpha value is -4.52. The minimum absolute atomic E-state index is 0.133. The van der Waals surface area contributed by atoms with Crippen molar-refractivity contribution in [2.24, 2.45) is 0 Å². The first-order chi connectivity index (χ1) is 20.0. The second-order valence-electron chi connectivity index (χ2n) is 9.93. The van der Waals surface area contributed by atoms with Crippen LogP contribution in [-0.4, -0.2) is 66.2 Å². The van der Waals surface area contributed by atoms with Gasteiger partial charge in [-0.2, -0.15) is 0 Å². The predicted molar refractivity (Wildman–Crippen MR) is 153 cm³/mol. The van der Waals surface area contributed by atoms with E-state index in [1.165, 1.54) is 24.5 Å². The van der Waals surface area contributed by atoms with Crippen LogP contribution < -0.4 is 15.5 Å². The molecule has 1 fully saturated rings. The second kappa shape index (κ2) is 13.0. The number of carboxylic acids is 1. The average Bonchev–Trinajstić information content (AvgIpc) is 3.50. The molecular formula is C29H30F2N4O6S. The summed E-state index contributed by atoms with van der Waals surface area (Å²) in [7, 11) is 1.31. The van der Waals surface area contributed by atoms with Crippen molar-refractivity contribution < 1.29 is 37.8 Å². The van der Waals surface area contributed by atoms with Gasteiger partial charge in [0.2, 0.25) is 0 Å². The number of methoxy groups -OCH3 is 1. The smallest absolute Gasteiger partial charge is 0.409 e. The molecule has 222 valence electrons. The van der Waals surface area contributed by atoms with Gasteiger partial charge in [0.1, 0.15) is 0 Å². The number of nitrogens with one attached hydrogen (secondary N) is 2. The van der Waals surface area contributed by atoms with Gasteiger partial charge >= 0.3 is 12.1 Å². The van der Waals surface area contributed by atoms with Crippen LogP contribution in [-0.2, 0) is 9.53 Å². The van der Waals surface area contributed by atoms with Crippen molar-refractivity contribution in [2.45, 2.75) is 38.4 Å². The molecule has 13 heteroatoms. The molecule has 3 aromatic rings. The van der Waals surface area contributed by atoms with Crippen molar-refractivity contribution in [3.63, 3.8) is 0 Å². The predicted octanol–water partition coefficient (Wildman–Crippen LogP) is 4.89. The fourth-order valence-electron chi connectivity index (χ4n) is 4.82. The summed E-state index contributed by atoms with van der Waals surface area (Å²) in [4.78, 5) is 54.3. The molecule has 3 atom stereocenters. The number of piperazine rings is 1. The molecule has 0 saturated carbocycles. The molecule has 0 radical (unpaired) electrons. The van der Waals surface area contributed by atoms with Crippen molar-refractivity contribution in [1.29, 1.82) is 0 Å². The number of carboxylic acid groups (broad SMARTS) is 1. The molecule has 2 aromatic carbocycles. The van der Waals surface area contributed by atoms with Crippen LogP contribution >= 0.6 is 11.3 Å². The highest BCUT2D eigenvalue weighted by atomic mass is 32.1. The molecule has 10 nitrogen and oxygen atoms in total. The van der Waals surface area contributed by atoms with E-state index >= 15 is 0 Å². The fourth-order valence-corrected chi connectivity index (χ4v) is 5.60. The number of ether oxygens (including phenoxy) is 1. The quantitative estimate of drug-likeness (QED) is 0.336. The van der Waals surface area contributed by atoms with Crippen molar-refractivity contribution in [2.75, 3.05) is 30.4 Å². The third kappa shape index (κ3) is 6.85. The number of hydrogen-bond acceptors (Lipinski definition) is 7. The zero-order valence-electron chi connectivity index (χ0n) is 23.1. The summed E-state index contributed by atoms with van der Waals surface area (Å²) in [6.45, 7) is 4.44. The normalized spacial score (nSPS) is 17.4. The molecule has 3 N–H and O–H groups in total. The number of thiophene rings is 1. The van der Waals surface area contributed by atoms with Gasteiger partial charge in [-0.1, -0.05) is 6.07 Å². The molecule has 3 amide bonds. The molecule has 3 unspecified atom stereocenters. The minimum atomic E-state index is -1.18. The van der Waals surface area contributed by atoms with Gasteiger partial charge in [-0.25, -0.2) is 13.6 Å². The Balaban J connectivity index is 1.68. The second-order valence-corrected chi connectivity index (χ2v) is 10.9. The Kier molecular flexibility index (Phi) is 9.41. The summed E-state index contributed by atoms with van der Waals surface area (Å²) in [5.74, 6) is -4.67. The highest BCUT2D eigenvalue weighted by Gasteiger charge is 2.34. The van der Waals surface area contributed by atoms with Crippen LogP contribution in [0.3, 0.4) is 0 Å². The Morgan fingerprint density at radius 2 is 1.71 bits per heavy atom. The van der Waals surface area contributed by atoms with Gasteiger partial charge in [0.05, 0.1) is 30.9 Å². The van der Waals surface area contributed by atoms with Gasteiger partial charge in [-0.3, -0.25) is 14.4 Å². The number of aliphatic carboxylic acids is 1. The van der Waals surface area contributed by atoms with Gasteiger partial charge in [0.25, 0.3) is 11.8 Å². The number of carbonyl (C=O) groups excluding carboxylic acids is 3. The molecule has 0 spiro atoms. The Bertz CT molecular complexity index is 1480. The number of nitrogens with zero attached hydrogens (tertiary/aromatic N) is 2. The number of halogens is 2. The molecule has 1 aromatic heterocycles.